The van der Waals surface area contributed by atoms with E-state index >= 15 is 0 Å². The lowest BCUT2D eigenvalue weighted by Crippen LogP contribution is -2.38. The normalized spacial score (nSPS) is 36.0. The van der Waals surface area contributed by atoms with Crippen molar-refractivity contribution in [2.45, 2.75) is 50.4 Å². The van der Waals surface area contributed by atoms with Gasteiger partial charge in [0.2, 0.25) is 0 Å². The van der Waals surface area contributed by atoms with Gasteiger partial charge in [0.25, 0.3) is 0 Å². The van der Waals surface area contributed by atoms with E-state index in [1.807, 2.05) is 0 Å². The fraction of sp³-hybridized carbons (Fsp3) is 1.00. The Bertz CT molecular complexity index is 323. The molecule has 0 N–H and O–H groups in total. The molecule has 0 spiro atoms. The molecule has 1 aliphatic carbocycles. The van der Waals surface area contributed by atoms with E-state index in [-0.39, 0.29) is 0 Å². The van der Waals surface area contributed by atoms with Crippen LogP contribution >= 0.6 is 0 Å². The third kappa shape index (κ3) is 5.73. The Morgan fingerprint density at radius 2 is 1.43 bits per heavy atom. The van der Waals surface area contributed by atoms with Gasteiger partial charge in [-0.2, -0.15) is 0 Å². The monoisotopic (exact) mass is 309 g/mol. The maximum atomic E-state index is 12.2. The highest BCUT2D eigenvalue weighted by Gasteiger charge is 2.36. The van der Waals surface area contributed by atoms with Crippen LogP contribution in [-0.2, 0) is 14.2 Å². The quantitative estimate of drug-likeness (QED) is 0.676. The fourth-order valence-corrected chi connectivity index (χ4v) is 3.13. The Balaban J connectivity index is 1.40. The predicted molar refractivity (Wildman–Crippen MR) is 68.8 cm³/mol. The predicted octanol–water partition coefficient (Wildman–Crippen LogP) is 2.18. The van der Waals surface area contributed by atoms with Gasteiger partial charge < -0.3 is 9.47 Å². The topological polar surface area (TPSA) is 37.5 Å². The van der Waals surface area contributed by atoms with Crippen LogP contribution in [-0.4, -0.2) is 62.4 Å². The zero-order valence-electron chi connectivity index (χ0n) is 12.0. The van der Waals surface area contributed by atoms with Crippen molar-refractivity contribution in [2.24, 2.45) is 5.92 Å². The van der Waals surface area contributed by atoms with Crippen LogP contribution in [0.25, 0.3) is 0 Å². The van der Waals surface area contributed by atoms with E-state index in [1.165, 1.54) is 0 Å². The minimum atomic E-state index is -4.50. The van der Waals surface area contributed by atoms with Crippen LogP contribution in [0, 0.1) is 5.92 Å². The number of hydrogen-bond acceptors (Lipinski definition) is 4. The summed E-state index contributed by atoms with van der Waals surface area (Å²) in [6.07, 6.45) is -1.88. The Kier molecular flexibility index (Phi) is 4.73. The van der Waals surface area contributed by atoms with Crippen molar-refractivity contribution < 1.29 is 27.4 Å². The van der Waals surface area contributed by atoms with Crippen molar-refractivity contribution in [3.05, 3.63) is 0 Å². The molecule has 122 valence electrons. The molecule has 2 saturated heterocycles. The van der Waals surface area contributed by atoms with Crippen molar-refractivity contribution in [2.75, 3.05) is 32.8 Å². The minimum Gasteiger partial charge on any atom is -0.372 e. The molecule has 2 heterocycles. The maximum Gasteiger partial charge on any atom is 0.522 e. The number of hydrogen-bond donors (Lipinski definition) is 0. The van der Waals surface area contributed by atoms with Crippen LogP contribution < -0.4 is 0 Å². The molecule has 3 fully saturated rings. The lowest BCUT2D eigenvalue weighted by Gasteiger charge is -2.32. The fourth-order valence-electron chi connectivity index (χ4n) is 3.13. The molecular formula is C14H22F3NO3. The van der Waals surface area contributed by atoms with Crippen molar-refractivity contribution in [3.63, 3.8) is 0 Å². The summed E-state index contributed by atoms with van der Waals surface area (Å²) < 4.78 is 51.2. The molecule has 2 unspecified atom stereocenters. The Morgan fingerprint density at radius 3 is 1.86 bits per heavy atom. The second-order valence-electron chi connectivity index (χ2n) is 6.34. The van der Waals surface area contributed by atoms with Gasteiger partial charge in [0.15, 0.2) is 0 Å². The molecule has 3 rings (SSSR count). The maximum absolute atomic E-state index is 12.2. The number of halogens is 3. The van der Waals surface area contributed by atoms with Gasteiger partial charge in [-0.3, -0.25) is 9.64 Å². The number of nitrogens with zero attached hydrogens (tertiary/aromatic N) is 1. The molecule has 3 aliphatic rings. The third-order valence-corrected chi connectivity index (χ3v) is 4.34. The number of rotatable bonds is 7. The number of ether oxygens (including phenoxy) is 3. The van der Waals surface area contributed by atoms with Crippen LogP contribution in [0.5, 0.6) is 0 Å². The zero-order chi connectivity index (χ0) is 14.9. The van der Waals surface area contributed by atoms with E-state index in [2.05, 4.69) is 9.64 Å². The van der Waals surface area contributed by atoms with Crippen LogP contribution in [0.4, 0.5) is 13.2 Å². The van der Waals surface area contributed by atoms with Crippen LogP contribution in [0.1, 0.15) is 25.7 Å². The standard InChI is InChI=1S/C14H22F3NO3/c15-14(16,17)21-11-3-1-10(2-4-11)5-18(6-12-8-19-12)7-13-9-20-13/h10-13H,1-9H2. The molecule has 2 aliphatic heterocycles. The first-order chi connectivity index (χ1) is 9.98. The average Bonchev–Trinajstić information content (AvgIpc) is 3.26. The molecule has 21 heavy (non-hydrogen) atoms. The van der Waals surface area contributed by atoms with E-state index in [0.717, 1.165) is 45.7 Å². The highest BCUT2D eigenvalue weighted by atomic mass is 19.4. The van der Waals surface area contributed by atoms with Gasteiger partial charge in [0, 0.05) is 19.6 Å². The third-order valence-electron chi connectivity index (χ3n) is 4.34. The molecule has 2 atom stereocenters. The molecular weight excluding hydrogens is 287 g/mol. The molecule has 0 amide bonds. The molecule has 0 radical (unpaired) electrons. The van der Waals surface area contributed by atoms with Gasteiger partial charge in [-0.25, -0.2) is 0 Å². The van der Waals surface area contributed by atoms with Crippen molar-refractivity contribution in [1.29, 1.82) is 0 Å². The summed E-state index contributed by atoms with van der Waals surface area (Å²) in [7, 11) is 0. The summed E-state index contributed by atoms with van der Waals surface area (Å²) >= 11 is 0. The van der Waals surface area contributed by atoms with Gasteiger partial charge in [-0.05, 0) is 31.6 Å². The Labute approximate surface area is 122 Å². The Hall–Kier alpha value is -0.370. The molecule has 0 bridgehead atoms. The lowest BCUT2D eigenvalue weighted by atomic mass is 9.87. The van der Waals surface area contributed by atoms with Crippen molar-refractivity contribution in [1.82, 2.24) is 4.90 Å². The molecule has 0 aromatic carbocycles. The first-order valence-electron chi connectivity index (χ1n) is 7.68. The summed E-state index contributed by atoms with van der Waals surface area (Å²) in [5.41, 5.74) is 0. The SMILES string of the molecule is FC(F)(F)OC1CCC(CN(CC2CO2)CC2CO2)CC1. The zero-order valence-corrected chi connectivity index (χ0v) is 12.0. The van der Waals surface area contributed by atoms with Crippen LogP contribution in [0.2, 0.25) is 0 Å². The van der Waals surface area contributed by atoms with E-state index in [9.17, 15) is 13.2 Å². The van der Waals surface area contributed by atoms with Gasteiger partial charge in [-0.1, -0.05) is 0 Å². The highest BCUT2D eigenvalue weighted by molar-refractivity contribution is 4.83. The first-order valence-corrected chi connectivity index (χ1v) is 7.68. The smallest absolute Gasteiger partial charge is 0.372 e. The Morgan fingerprint density at radius 1 is 0.905 bits per heavy atom. The van der Waals surface area contributed by atoms with E-state index < -0.39 is 12.5 Å². The molecule has 4 nitrogen and oxygen atoms in total. The van der Waals surface area contributed by atoms with E-state index in [1.54, 1.807) is 0 Å². The molecule has 7 heteroatoms. The molecule has 0 aromatic rings. The number of epoxide rings is 2. The minimum absolute atomic E-state index is 0.341. The summed E-state index contributed by atoms with van der Waals surface area (Å²) in [4.78, 5) is 2.35. The summed E-state index contributed by atoms with van der Waals surface area (Å²) in [5.74, 6) is 0.454. The lowest BCUT2D eigenvalue weighted by molar-refractivity contribution is -0.345. The average molecular weight is 309 g/mol. The van der Waals surface area contributed by atoms with Gasteiger partial charge in [-0.15, -0.1) is 13.2 Å². The number of alkyl halides is 3. The van der Waals surface area contributed by atoms with E-state index in [4.69, 9.17) is 9.47 Å². The molecule has 1 saturated carbocycles. The van der Waals surface area contributed by atoms with Crippen LogP contribution in [0.15, 0.2) is 0 Å². The summed E-state index contributed by atoms with van der Waals surface area (Å²) in [6, 6.07) is 0. The second kappa shape index (κ2) is 6.40. The van der Waals surface area contributed by atoms with Crippen LogP contribution in [0.3, 0.4) is 0 Å². The summed E-state index contributed by atoms with van der Waals surface area (Å²) in [6.45, 7) is 4.42. The van der Waals surface area contributed by atoms with E-state index in [0.29, 0.717) is 31.0 Å². The van der Waals surface area contributed by atoms with Crippen molar-refractivity contribution in [3.8, 4) is 0 Å². The second-order valence-corrected chi connectivity index (χ2v) is 6.34. The largest absolute Gasteiger partial charge is 0.522 e. The van der Waals surface area contributed by atoms with Gasteiger partial charge in [0.05, 0.1) is 31.5 Å². The summed E-state index contributed by atoms with van der Waals surface area (Å²) in [5, 5.41) is 0. The highest BCUT2D eigenvalue weighted by Crippen LogP contribution is 2.31. The van der Waals surface area contributed by atoms with Crippen molar-refractivity contribution >= 4 is 0 Å². The van der Waals surface area contributed by atoms with Gasteiger partial charge >= 0.3 is 6.36 Å². The molecule has 0 aromatic heterocycles. The van der Waals surface area contributed by atoms with Gasteiger partial charge in [0.1, 0.15) is 0 Å². The first kappa shape index (κ1) is 15.5.